The average molecular weight is 473 g/mol. The zero-order valence-corrected chi connectivity index (χ0v) is 19.5. The summed E-state index contributed by atoms with van der Waals surface area (Å²) in [6.45, 7) is 0.753. The lowest BCUT2D eigenvalue weighted by molar-refractivity contribution is -0.137. The van der Waals surface area contributed by atoms with Crippen LogP contribution in [0, 0.1) is 0 Å². The Morgan fingerprint density at radius 3 is 1.86 bits per heavy atom. The molecule has 0 radical (unpaired) electrons. The van der Waals surface area contributed by atoms with Gasteiger partial charge in [-0.25, -0.2) is 9.59 Å². The molecule has 0 unspecified atom stereocenters. The number of esters is 2. The Hall–Kier alpha value is -3.97. The predicted molar refractivity (Wildman–Crippen MR) is 131 cm³/mol. The monoisotopic (exact) mass is 472 g/mol. The van der Waals surface area contributed by atoms with Crippen LogP contribution in [0.3, 0.4) is 0 Å². The van der Waals surface area contributed by atoms with E-state index in [1.807, 2.05) is 47.4 Å². The van der Waals surface area contributed by atoms with E-state index in [9.17, 15) is 14.4 Å². The molecule has 7 heteroatoms. The summed E-state index contributed by atoms with van der Waals surface area (Å²) in [5.41, 5.74) is 1.82. The normalized spacial score (nSPS) is 20.0. The molecule has 1 N–H and O–H groups in total. The number of carbonyl (C=O) groups excluding carboxylic acids is 3. The predicted octanol–water partition coefficient (Wildman–Crippen LogP) is 3.46. The van der Waals surface area contributed by atoms with Crippen molar-refractivity contribution in [2.45, 2.75) is 31.2 Å². The van der Waals surface area contributed by atoms with Crippen molar-refractivity contribution in [3.05, 3.63) is 108 Å². The van der Waals surface area contributed by atoms with E-state index in [0.29, 0.717) is 24.2 Å². The van der Waals surface area contributed by atoms with Crippen molar-refractivity contribution in [3.63, 3.8) is 0 Å². The molecule has 0 saturated carbocycles. The van der Waals surface area contributed by atoms with E-state index in [-0.39, 0.29) is 12.3 Å². The Balaban J connectivity index is 1.61. The van der Waals surface area contributed by atoms with Gasteiger partial charge in [0.25, 0.3) is 0 Å². The van der Waals surface area contributed by atoms with E-state index >= 15 is 0 Å². The van der Waals surface area contributed by atoms with Gasteiger partial charge < -0.3 is 14.8 Å². The van der Waals surface area contributed by atoms with Crippen LogP contribution < -0.4 is 5.32 Å². The highest BCUT2D eigenvalue weighted by molar-refractivity contribution is 5.90. The molecular weight excluding hydrogens is 444 g/mol. The zero-order valence-electron chi connectivity index (χ0n) is 19.5. The Morgan fingerprint density at radius 1 is 0.800 bits per heavy atom. The number of piperidine rings is 1. The summed E-state index contributed by atoms with van der Waals surface area (Å²) in [5.74, 6) is -1.25. The number of rotatable bonds is 7. The molecule has 3 aromatic carbocycles. The summed E-state index contributed by atoms with van der Waals surface area (Å²) in [6, 6.07) is 26.3. The Kier molecular flexibility index (Phi) is 7.90. The number of amides is 1. The second-order valence-corrected chi connectivity index (χ2v) is 8.41. The minimum absolute atomic E-state index is 0.209. The lowest BCUT2D eigenvalue weighted by Crippen LogP contribution is -2.60. The van der Waals surface area contributed by atoms with Crippen LogP contribution in [0.5, 0.6) is 0 Å². The summed E-state index contributed by atoms with van der Waals surface area (Å²) in [6.07, 6.45) is -1.17. The Labute approximate surface area is 204 Å². The van der Waals surface area contributed by atoms with Crippen molar-refractivity contribution < 1.29 is 23.9 Å². The minimum atomic E-state index is -0.811. The second kappa shape index (κ2) is 11.4. The first-order chi connectivity index (χ1) is 17.0. The van der Waals surface area contributed by atoms with Crippen LogP contribution in [0.4, 0.5) is 0 Å². The topological polar surface area (TPSA) is 84.9 Å². The van der Waals surface area contributed by atoms with Gasteiger partial charge in [0.05, 0.1) is 11.1 Å². The third kappa shape index (κ3) is 6.13. The van der Waals surface area contributed by atoms with Crippen LogP contribution in [0.2, 0.25) is 0 Å². The van der Waals surface area contributed by atoms with E-state index in [1.54, 1.807) is 55.6 Å². The number of hydrogen-bond acceptors (Lipinski definition) is 6. The minimum Gasteiger partial charge on any atom is -0.457 e. The summed E-state index contributed by atoms with van der Waals surface area (Å²) in [7, 11) is 1.56. The van der Waals surface area contributed by atoms with Gasteiger partial charge in [0.15, 0.2) is 0 Å². The largest absolute Gasteiger partial charge is 0.457 e. The van der Waals surface area contributed by atoms with Crippen molar-refractivity contribution in [1.82, 2.24) is 10.2 Å². The van der Waals surface area contributed by atoms with Gasteiger partial charge in [-0.1, -0.05) is 66.7 Å². The first kappa shape index (κ1) is 24.2. The molecule has 1 amide bonds. The van der Waals surface area contributed by atoms with Crippen LogP contribution in [0.25, 0.3) is 0 Å². The maximum absolute atomic E-state index is 13.0. The molecule has 0 spiro atoms. The molecule has 35 heavy (non-hydrogen) atoms. The maximum atomic E-state index is 13.0. The fourth-order valence-corrected chi connectivity index (χ4v) is 4.31. The van der Waals surface area contributed by atoms with Gasteiger partial charge in [-0.15, -0.1) is 0 Å². The lowest BCUT2D eigenvalue weighted by Gasteiger charge is -2.42. The van der Waals surface area contributed by atoms with Crippen molar-refractivity contribution in [2.24, 2.45) is 0 Å². The maximum Gasteiger partial charge on any atom is 0.338 e. The van der Waals surface area contributed by atoms with Crippen LogP contribution >= 0.6 is 0 Å². The number of hydrogen-bond donors (Lipinski definition) is 1. The molecule has 1 aliphatic rings. The van der Waals surface area contributed by atoms with Crippen molar-refractivity contribution in [3.8, 4) is 0 Å². The molecule has 1 heterocycles. The highest BCUT2D eigenvalue weighted by Gasteiger charge is 2.44. The molecule has 7 nitrogen and oxygen atoms in total. The molecule has 0 bridgehead atoms. The lowest BCUT2D eigenvalue weighted by atomic mass is 9.94. The number of nitrogens with one attached hydrogen (secondary N) is 1. The van der Waals surface area contributed by atoms with Gasteiger partial charge in [-0.2, -0.15) is 0 Å². The summed E-state index contributed by atoms with van der Waals surface area (Å²) in [5, 5.41) is 2.70. The van der Waals surface area contributed by atoms with Crippen LogP contribution in [-0.4, -0.2) is 54.6 Å². The molecule has 1 aliphatic heterocycles. The highest BCUT2D eigenvalue weighted by Crippen LogP contribution is 2.27. The molecule has 1 fully saturated rings. The van der Waals surface area contributed by atoms with Crippen molar-refractivity contribution in [1.29, 1.82) is 0 Å². The van der Waals surface area contributed by atoms with Crippen LogP contribution in [0.1, 0.15) is 32.7 Å². The SMILES string of the molecule is CNC(=O)[C@@H]1[C@@H](OC(=O)c2ccccc2)C[C@H](OC(=O)c2ccccc2)CN1Cc1ccccc1. The molecule has 3 atom stereocenters. The van der Waals surface area contributed by atoms with Gasteiger partial charge in [-0.05, 0) is 29.8 Å². The quantitative estimate of drug-likeness (QED) is 0.530. The second-order valence-electron chi connectivity index (χ2n) is 8.41. The van der Waals surface area contributed by atoms with Crippen LogP contribution in [0.15, 0.2) is 91.0 Å². The third-order valence-electron chi connectivity index (χ3n) is 5.97. The smallest absolute Gasteiger partial charge is 0.338 e. The van der Waals surface area contributed by atoms with Gasteiger partial charge in [0, 0.05) is 26.6 Å². The first-order valence-electron chi connectivity index (χ1n) is 11.6. The molecule has 180 valence electrons. The highest BCUT2D eigenvalue weighted by atomic mass is 16.6. The molecule has 0 aromatic heterocycles. The van der Waals surface area contributed by atoms with Crippen LogP contribution in [-0.2, 0) is 20.8 Å². The zero-order chi connectivity index (χ0) is 24.6. The van der Waals surface area contributed by atoms with E-state index < -0.39 is 30.2 Å². The van der Waals surface area contributed by atoms with Gasteiger partial charge >= 0.3 is 11.9 Å². The summed E-state index contributed by atoms with van der Waals surface area (Å²) >= 11 is 0. The number of likely N-dealkylation sites (tertiary alicyclic amines) is 1. The number of carbonyl (C=O) groups is 3. The molecule has 1 saturated heterocycles. The number of ether oxygens (including phenoxy) is 2. The van der Waals surface area contributed by atoms with E-state index in [2.05, 4.69) is 5.32 Å². The molecular formula is C28H28N2O5. The fourth-order valence-electron chi connectivity index (χ4n) is 4.31. The number of benzene rings is 3. The van der Waals surface area contributed by atoms with Gasteiger partial charge in [-0.3, -0.25) is 9.69 Å². The average Bonchev–Trinajstić information content (AvgIpc) is 2.90. The van der Waals surface area contributed by atoms with Gasteiger partial charge in [0.2, 0.25) is 5.91 Å². The number of likely N-dealkylation sites (N-methyl/N-ethyl adjacent to an activating group) is 1. The number of nitrogens with zero attached hydrogens (tertiary/aromatic N) is 1. The molecule has 0 aliphatic carbocycles. The Bertz CT molecular complexity index is 1140. The summed E-state index contributed by atoms with van der Waals surface area (Å²) < 4.78 is 11.7. The Morgan fingerprint density at radius 2 is 1.31 bits per heavy atom. The first-order valence-corrected chi connectivity index (χ1v) is 11.6. The standard InChI is InChI=1S/C28H28N2O5/c1-29-26(31)25-24(35-28(33)22-15-9-4-10-16-22)17-23(34-27(32)21-13-7-3-8-14-21)19-30(25)18-20-11-5-2-6-12-20/h2-16,23-25H,17-19H2,1H3,(H,29,31)/t23-,24-,25-/m0/s1. The van der Waals surface area contributed by atoms with E-state index in [1.165, 1.54) is 0 Å². The fraction of sp³-hybridized carbons (Fsp3) is 0.250. The molecule has 4 rings (SSSR count). The molecule has 3 aromatic rings. The third-order valence-corrected chi connectivity index (χ3v) is 5.97. The van der Waals surface area contributed by atoms with Crippen molar-refractivity contribution >= 4 is 17.8 Å². The van der Waals surface area contributed by atoms with E-state index in [0.717, 1.165) is 5.56 Å². The summed E-state index contributed by atoms with van der Waals surface area (Å²) in [4.78, 5) is 40.6. The van der Waals surface area contributed by atoms with Crippen molar-refractivity contribution in [2.75, 3.05) is 13.6 Å². The van der Waals surface area contributed by atoms with E-state index in [4.69, 9.17) is 9.47 Å². The van der Waals surface area contributed by atoms with Gasteiger partial charge in [0.1, 0.15) is 18.2 Å².